The lowest BCUT2D eigenvalue weighted by atomic mass is 9.94. The molecule has 82 valence electrons. The van der Waals surface area contributed by atoms with Gasteiger partial charge in [-0.15, -0.1) is 6.58 Å². The van der Waals surface area contributed by atoms with E-state index in [9.17, 15) is 0 Å². The smallest absolute Gasteiger partial charge is 0.122 e. The number of hydrogen-bond acceptors (Lipinski definition) is 1. The largest absolute Gasteiger partial charge is 0.494 e. The number of rotatable bonds is 5. The summed E-state index contributed by atoms with van der Waals surface area (Å²) in [5, 5.41) is 0. The molecule has 1 aromatic carbocycles. The Morgan fingerprint density at radius 1 is 1.40 bits per heavy atom. The van der Waals surface area contributed by atoms with Crippen molar-refractivity contribution in [3.63, 3.8) is 0 Å². The van der Waals surface area contributed by atoms with Crippen molar-refractivity contribution in [1.29, 1.82) is 0 Å². The van der Waals surface area contributed by atoms with Gasteiger partial charge in [0.15, 0.2) is 0 Å². The summed E-state index contributed by atoms with van der Waals surface area (Å²) >= 11 is 0. The van der Waals surface area contributed by atoms with Gasteiger partial charge in [-0.1, -0.05) is 32.1 Å². The minimum absolute atomic E-state index is 0.389. The van der Waals surface area contributed by atoms with Crippen molar-refractivity contribution in [1.82, 2.24) is 0 Å². The summed E-state index contributed by atoms with van der Waals surface area (Å²) in [6, 6.07) is 6.26. The average Bonchev–Trinajstić information content (AvgIpc) is 2.28. The average molecular weight is 204 g/mol. The van der Waals surface area contributed by atoms with E-state index in [1.165, 1.54) is 11.1 Å². The van der Waals surface area contributed by atoms with Crippen LogP contribution in [0.4, 0.5) is 0 Å². The van der Waals surface area contributed by atoms with Crippen LogP contribution in [-0.4, -0.2) is 6.61 Å². The molecule has 0 aliphatic carbocycles. The number of ether oxygens (including phenoxy) is 1. The SMILES string of the molecule is C=CC(C)c1cccc(OCC)c1CC. The number of benzene rings is 1. The highest BCUT2D eigenvalue weighted by molar-refractivity contribution is 5.43. The molecule has 0 bridgehead atoms. The maximum absolute atomic E-state index is 5.63. The van der Waals surface area contributed by atoms with Crippen LogP contribution in [0.3, 0.4) is 0 Å². The summed E-state index contributed by atoms with van der Waals surface area (Å²) in [5.74, 6) is 1.41. The van der Waals surface area contributed by atoms with E-state index in [2.05, 4.69) is 32.6 Å². The normalized spacial score (nSPS) is 12.2. The number of hydrogen-bond donors (Lipinski definition) is 0. The van der Waals surface area contributed by atoms with Gasteiger partial charge in [-0.3, -0.25) is 0 Å². The standard InChI is InChI=1S/C14H20O/c1-5-11(4)13-9-8-10-14(15-7-3)12(13)6-2/h5,8-11H,1,6-7H2,2-4H3. The van der Waals surface area contributed by atoms with Crippen molar-refractivity contribution in [2.24, 2.45) is 0 Å². The summed E-state index contributed by atoms with van der Waals surface area (Å²) in [7, 11) is 0. The Morgan fingerprint density at radius 2 is 2.13 bits per heavy atom. The van der Waals surface area contributed by atoms with Crippen LogP contribution in [0, 0.1) is 0 Å². The van der Waals surface area contributed by atoms with E-state index < -0.39 is 0 Å². The fourth-order valence-corrected chi connectivity index (χ4v) is 1.81. The third-order valence-corrected chi connectivity index (χ3v) is 2.67. The van der Waals surface area contributed by atoms with Gasteiger partial charge in [-0.2, -0.15) is 0 Å². The Balaban J connectivity index is 3.15. The first-order chi connectivity index (χ1) is 7.24. The highest BCUT2D eigenvalue weighted by Crippen LogP contribution is 2.29. The Labute approximate surface area is 92.8 Å². The predicted molar refractivity (Wildman–Crippen MR) is 65.6 cm³/mol. The fraction of sp³-hybridized carbons (Fsp3) is 0.429. The lowest BCUT2D eigenvalue weighted by Gasteiger charge is -2.16. The molecule has 0 fully saturated rings. The summed E-state index contributed by atoms with van der Waals surface area (Å²) in [5.41, 5.74) is 2.64. The van der Waals surface area contributed by atoms with E-state index in [0.717, 1.165) is 18.8 Å². The minimum Gasteiger partial charge on any atom is -0.494 e. The summed E-state index contributed by atoms with van der Waals surface area (Å²) in [6.07, 6.45) is 2.98. The zero-order chi connectivity index (χ0) is 11.3. The fourth-order valence-electron chi connectivity index (χ4n) is 1.81. The van der Waals surface area contributed by atoms with Crippen LogP contribution in [0.2, 0.25) is 0 Å². The second-order valence-corrected chi connectivity index (χ2v) is 3.63. The molecule has 0 aromatic heterocycles. The van der Waals surface area contributed by atoms with Crippen LogP contribution in [0.5, 0.6) is 5.75 Å². The third-order valence-electron chi connectivity index (χ3n) is 2.67. The first-order valence-corrected chi connectivity index (χ1v) is 5.61. The lowest BCUT2D eigenvalue weighted by Crippen LogP contribution is -2.01. The molecular weight excluding hydrogens is 184 g/mol. The minimum atomic E-state index is 0.389. The van der Waals surface area contributed by atoms with Crippen LogP contribution >= 0.6 is 0 Å². The molecule has 1 atom stereocenters. The van der Waals surface area contributed by atoms with E-state index in [1.54, 1.807) is 0 Å². The predicted octanol–water partition coefficient (Wildman–Crippen LogP) is 3.94. The second kappa shape index (κ2) is 5.59. The molecule has 0 saturated carbocycles. The van der Waals surface area contributed by atoms with Crippen LogP contribution < -0.4 is 4.74 Å². The van der Waals surface area contributed by atoms with E-state index in [1.807, 2.05) is 19.1 Å². The van der Waals surface area contributed by atoms with Crippen molar-refractivity contribution < 1.29 is 4.74 Å². The Bertz CT molecular complexity index is 328. The van der Waals surface area contributed by atoms with E-state index in [-0.39, 0.29) is 0 Å². The van der Waals surface area contributed by atoms with Crippen LogP contribution in [0.1, 0.15) is 37.8 Å². The van der Waals surface area contributed by atoms with E-state index in [0.29, 0.717) is 5.92 Å². The van der Waals surface area contributed by atoms with Crippen molar-refractivity contribution >= 4 is 0 Å². The zero-order valence-electron chi connectivity index (χ0n) is 9.92. The highest BCUT2D eigenvalue weighted by atomic mass is 16.5. The Kier molecular flexibility index (Phi) is 4.41. The molecule has 1 unspecified atom stereocenters. The second-order valence-electron chi connectivity index (χ2n) is 3.63. The topological polar surface area (TPSA) is 9.23 Å². The maximum atomic E-state index is 5.63. The third kappa shape index (κ3) is 2.62. The zero-order valence-corrected chi connectivity index (χ0v) is 9.92. The molecule has 1 nitrogen and oxygen atoms in total. The van der Waals surface area contributed by atoms with Gasteiger partial charge >= 0.3 is 0 Å². The van der Waals surface area contributed by atoms with Crippen molar-refractivity contribution in [3.05, 3.63) is 42.0 Å². The summed E-state index contributed by atoms with van der Waals surface area (Å²) in [6.45, 7) is 10.9. The van der Waals surface area contributed by atoms with Crippen LogP contribution in [-0.2, 0) is 6.42 Å². The molecule has 0 radical (unpaired) electrons. The molecule has 1 rings (SSSR count). The van der Waals surface area contributed by atoms with Gasteiger partial charge in [-0.25, -0.2) is 0 Å². The van der Waals surface area contributed by atoms with Crippen molar-refractivity contribution in [2.45, 2.75) is 33.1 Å². The van der Waals surface area contributed by atoms with Crippen LogP contribution in [0.15, 0.2) is 30.9 Å². The van der Waals surface area contributed by atoms with Gasteiger partial charge in [0.25, 0.3) is 0 Å². The van der Waals surface area contributed by atoms with Gasteiger partial charge in [0.05, 0.1) is 6.61 Å². The molecule has 0 spiro atoms. The summed E-state index contributed by atoms with van der Waals surface area (Å²) < 4.78 is 5.63. The molecule has 1 aromatic rings. The van der Waals surface area contributed by atoms with Gasteiger partial charge in [0, 0.05) is 0 Å². The Morgan fingerprint density at radius 3 is 2.67 bits per heavy atom. The molecule has 0 aliphatic heterocycles. The molecule has 1 heteroatoms. The van der Waals surface area contributed by atoms with Crippen molar-refractivity contribution in [2.75, 3.05) is 6.61 Å². The van der Waals surface area contributed by atoms with Crippen molar-refractivity contribution in [3.8, 4) is 5.75 Å². The monoisotopic (exact) mass is 204 g/mol. The first kappa shape index (κ1) is 11.8. The lowest BCUT2D eigenvalue weighted by molar-refractivity contribution is 0.336. The van der Waals surface area contributed by atoms with Gasteiger partial charge in [-0.05, 0) is 36.5 Å². The van der Waals surface area contributed by atoms with Gasteiger partial charge in [0.1, 0.15) is 5.75 Å². The number of allylic oxidation sites excluding steroid dienone is 1. The molecule has 0 aliphatic rings. The van der Waals surface area contributed by atoms with Gasteiger partial charge < -0.3 is 4.74 Å². The van der Waals surface area contributed by atoms with E-state index in [4.69, 9.17) is 4.74 Å². The maximum Gasteiger partial charge on any atom is 0.122 e. The summed E-state index contributed by atoms with van der Waals surface area (Å²) in [4.78, 5) is 0. The molecule has 0 N–H and O–H groups in total. The molecule has 0 heterocycles. The first-order valence-electron chi connectivity index (χ1n) is 5.61. The molecular formula is C14H20O. The van der Waals surface area contributed by atoms with E-state index >= 15 is 0 Å². The quantitative estimate of drug-likeness (QED) is 0.660. The molecule has 0 saturated heterocycles. The molecule has 15 heavy (non-hydrogen) atoms. The Hall–Kier alpha value is -1.24. The highest BCUT2D eigenvalue weighted by Gasteiger charge is 2.10. The molecule has 0 amide bonds. The van der Waals surface area contributed by atoms with Crippen LogP contribution in [0.25, 0.3) is 0 Å². The van der Waals surface area contributed by atoms with Gasteiger partial charge in [0.2, 0.25) is 0 Å².